The van der Waals surface area contributed by atoms with Gasteiger partial charge in [0.15, 0.2) is 0 Å². The van der Waals surface area contributed by atoms with E-state index >= 15 is 0 Å². The van der Waals surface area contributed by atoms with Crippen LogP contribution in [0.4, 0.5) is 14.9 Å². The maximum atomic E-state index is 13.3. The first-order valence-corrected chi connectivity index (χ1v) is 7.48. The largest absolute Gasteiger partial charge is 0.377 e. The van der Waals surface area contributed by atoms with Gasteiger partial charge in [-0.1, -0.05) is 6.07 Å². The number of morpholine rings is 1. The van der Waals surface area contributed by atoms with Crippen LogP contribution in [0.15, 0.2) is 24.3 Å². The Morgan fingerprint density at radius 1 is 1.48 bits per heavy atom. The number of aryl methyl sites for hydroxylation is 2. The van der Waals surface area contributed by atoms with Crippen LogP contribution in [0, 0.1) is 19.7 Å². The number of halogens is 1. The predicted molar refractivity (Wildman–Crippen MR) is 83.7 cm³/mol. The molecule has 3 rings (SSSR count). The first-order valence-electron chi connectivity index (χ1n) is 7.48. The fraction of sp³-hybridized carbons (Fsp3) is 0.375. The number of amides is 2. The van der Waals surface area contributed by atoms with Crippen molar-refractivity contribution in [3.8, 4) is 0 Å². The fourth-order valence-corrected chi connectivity index (χ4v) is 2.90. The van der Waals surface area contributed by atoms with Crippen molar-refractivity contribution < 1.29 is 13.9 Å². The Kier molecular flexibility index (Phi) is 4.29. The van der Waals surface area contributed by atoms with Gasteiger partial charge < -0.3 is 15.0 Å². The Morgan fingerprint density at radius 2 is 2.30 bits per heavy atom. The summed E-state index contributed by atoms with van der Waals surface area (Å²) in [6, 6.07) is 5.37. The zero-order valence-corrected chi connectivity index (χ0v) is 13.1. The van der Waals surface area contributed by atoms with E-state index in [1.54, 1.807) is 17.0 Å². The summed E-state index contributed by atoms with van der Waals surface area (Å²) < 4.78 is 18.8. The standard InChI is InChI=1S/C16H19FN4O2/c1-10-15(11(2)20-19-10)14-9-23-7-6-21(14)16(22)18-13-5-3-4-12(17)8-13/h3-5,8,14H,6-7,9H2,1-2H3,(H,18,22)(H,19,20). The molecule has 1 aliphatic rings. The third kappa shape index (κ3) is 3.19. The number of aromatic nitrogens is 2. The highest BCUT2D eigenvalue weighted by Gasteiger charge is 2.32. The molecule has 23 heavy (non-hydrogen) atoms. The zero-order valence-electron chi connectivity index (χ0n) is 13.1. The van der Waals surface area contributed by atoms with E-state index in [-0.39, 0.29) is 17.9 Å². The number of benzene rings is 1. The van der Waals surface area contributed by atoms with Crippen molar-refractivity contribution in [2.75, 3.05) is 25.1 Å². The van der Waals surface area contributed by atoms with E-state index < -0.39 is 0 Å². The average molecular weight is 318 g/mol. The number of hydrogen-bond acceptors (Lipinski definition) is 3. The van der Waals surface area contributed by atoms with Crippen molar-refractivity contribution in [1.82, 2.24) is 15.1 Å². The summed E-state index contributed by atoms with van der Waals surface area (Å²) in [5.41, 5.74) is 3.17. The zero-order chi connectivity index (χ0) is 16.4. The van der Waals surface area contributed by atoms with E-state index in [0.29, 0.717) is 25.4 Å². The van der Waals surface area contributed by atoms with Gasteiger partial charge in [-0.05, 0) is 32.0 Å². The molecule has 2 N–H and O–H groups in total. The maximum Gasteiger partial charge on any atom is 0.322 e. The molecule has 0 saturated carbocycles. The molecule has 0 aliphatic carbocycles. The monoisotopic (exact) mass is 318 g/mol. The number of nitrogens with zero attached hydrogens (tertiary/aromatic N) is 2. The number of H-pyrrole nitrogens is 1. The Labute approximate surface area is 133 Å². The van der Waals surface area contributed by atoms with Gasteiger partial charge in [0, 0.05) is 23.5 Å². The van der Waals surface area contributed by atoms with Crippen LogP contribution in [0.1, 0.15) is 23.0 Å². The minimum Gasteiger partial charge on any atom is -0.377 e. The van der Waals surface area contributed by atoms with Gasteiger partial charge in [-0.15, -0.1) is 0 Å². The number of anilines is 1. The summed E-state index contributed by atoms with van der Waals surface area (Å²) in [6.07, 6.45) is 0. The van der Waals surface area contributed by atoms with Gasteiger partial charge in [0.25, 0.3) is 0 Å². The molecular formula is C16H19FN4O2. The fourth-order valence-electron chi connectivity index (χ4n) is 2.90. The first kappa shape index (κ1) is 15.5. The number of aromatic amines is 1. The van der Waals surface area contributed by atoms with Gasteiger partial charge in [-0.3, -0.25) is 5.10 Å². The molecule has 0 bridgehead atoms. The SMILES string of the molecule is Cc1n[nH]c(C)c1C1COCCN1C(=O)Nc1cccc(F)c1. The lowest BCUT2D eigenvalue weighted by Gasteiger charge is -2.35. The molecule has 122 valence electrons. The van der Waals surface area contributed by atoms with E-state index in [1.165, 1.54) is 12.1 Å². The molecular weight excluding hydrogens is 299 g/mol. The van der Waals surface area contributed by atoms with Crippen LogP contribution in [-0.4, -0.2) is 40.9 Å². The lowest BCUT2D eigenvalue weighted by atomic mass is 10.0. The van der Waals surface area contributed by atoms with E-state index in [0.717, 1.165) is 17.0 Å². The van der Waals surface area contributed by atoms with E-state index in [4.69, 9.17) is 4.74 Å². The number of hydrogen-bond donors (Lipinski definition) is 2. The van der Waals surface area contributed by atoms with Gasteiger partial charge >= 0.3 is 6.03 Å². The van der Waals surface area contributed by atoms with Crippen LogP contribution in [0.2, 0.25) is 0 Å². The Morgan fingerprint density at radius 3 is 3.00 bits per heavy atom. The molecule has 1 atom stereocenters. The number of carbonyl (C=O) groups excluding carboxylic acids is 1. The maximum absolute atomic E-state index is 13.3. The molecule has 6 nitrogen and oxygen atoms in total. The third-order valence-electron chi connectivity index (χ3n) is 3.98. The Balaban J connectivity index is 1.82. The molecule has 1 aromatic carbocycles. The summed E-state index contributed by atoms with van der Waals surface area (Å²) in [4.78, 5) is 14.3. The highest BCUT2D eigenvalue weighted by molar-refractivity contribution is 5.89. The van der Waals surface area contributed by atoms with Crippen LogP contribution in [-0.2, 0) is 4.74 Å². The van der Waals surface area contributed by atoms with Crippen molar-refractivity contribution >= 4 is 11.7 Å². The van der Waals surface area contributed by atoms with Crippen molar-refractivity contribution in [2.45, 2.75) is 19.9 Å². The topological polar surface area (TPSA) is 70.2 Å². The lowest BCUT2D eigenvalue weighted by Crippen LogP contribution is -2.45. The van der Waals surface area contributed by atoms with Gasteiger partial charge in [-0.2, -0.15) is 5.10 Å². The second-order valence-electron chi connectivity index (χ2n) is 5.57. The van der Waals surface area contributed by atoms with Crippen LogP contribution in [0.25, 0.3) is 0 Å². The average Bonchev–Trinajstić information content (AvgIpc) is 2.86. The van der Waals surface area contributed by atoms with Crippen LogP contribution < -0.4 is 5.32 Å². The van der Waals surface area contributed by atoms with Crippen LogP contribution in [0.5, 0.6) is 0 Å². The summed E-state index contributed by atoms with van der Waals surface area (Å²) in [5.74, 6) is -0.386. The molecule has 1 aliphatic heterocycles. The minimum atomic E-state index is -0.386. The molecule has 1 saturated heterocycles. The van der Waals surface area contributed by atoms with Gasteiger partial charge in [0.2, 0.25) is 0 Å². The van der Waals surface area contributed by atoms with Gasteiger partial charge in [0.05, 0.1) is 24.9 Å². The van der Waals surface area contributed by atoms with Crippen molar-refractivity contribution in [3.05, 3.63) is 47.0 Å². The molecule has 0 radical (unpaired) electrons. The molecule has 7 heteroatoms. The summed E-state index contributed by atoms with van der Waals surface area (Å²) in [6.45, 7) is 5.18. The number of nitrogens with one attached hydrogen (secondary N) is 2. The Bertz CT molecular complexity index is 696. The number of rotatable bonds is 2. The third-order valence-corrected chi connectivity index (χ3v) is 3.98. The Hall–Kier alpha value is -2.41. The second kappa shape index (κ2) is 6.37. The molecule has 1 fully saturated rings. The molecule has 0 spiro atoms. The van der Waals surface area contributed by atoms with Crippen molar-refractivity contribution in [1.29, 1.82) is 0 Å². The molecule has 2 amide bonds. The van der Waals surface area contributed by atoms with Crippen LogP contribution >= 0.6 is 0 Å². The molecule has 1 aromatic heterocycles. The molecule has 1 unspecified atom stereocenters. The van der Waals surface area contributed by atoms with Crippen molar-refractivity contribution in [3.63, 3.8) is 0 Å². The van der Waals surface area contributed by atoms with Crippen LogP contribution in [0.3, 0.4) is 0 Å². The molecule has 2 heterocycles. The number of urea groups is 1. The van der Waals surface area contributed by atoms with E-state index in [2.05, 4.69) is 15.5 Å². The van der Waals surface area contributed by atoms with Crippen molar-refractivity contribution in [2.24, 2.45) is 0 Å². The van der Waals surface area contributed by atoms with Gasteiger partial charge in [0.1, 0.15) is 5.82 Å². The van der Waals surface area contributed by atoms with Gasteiger partial charge in [-0.25, -0.2) is 9.18 Å². The molecule has 2 aromatic rings. The normalized spacial score (nSPS) is 18.0. The first-order chi connectivity index (χ1) is 11.1. The summed E-state index contributed by atoms with van der Waals surface area (Å²) in [5, 5.41) is 9.87. The van der Waals surface area contributed by atoms with E-state index in [1.807, 2.05) is 13.8 Å². The number of carbonyl (C=O) groups is 1. The van der Waals surface area contributed by atoms with E-state index in [9.17, 15) is 9.18 Å². The summed E-state index contributed by atoms with van der Waals surface area (Å²) >= 11 is 0. The smallest absolute Gasteiger partial charge is 0.322 e. The highest BCUT2D eigenvalue weighted by atomic mass is 19.1. The highest BCUT2D eigenvalue weighted by Crippen LogP contribution is 2.28. The quantitative estimate of drug-likeness (QED) is 0.894. The predicted octanol–water partition coefficient (Wildman–Crippen LogP) is 2.77. The number of ether oxygens (including phenoxy) is 1. The summed E-state index contributed by atoms with van der Waals surface area (Å²) in [7, 11) is 0. The second-order valence-corrected chi connectivity index (χ2v) is 5.57. The lowest BCUT2D eigenvalue weighted by molar-refractivity contribution is 0.0143. The minimum absolute atomic E-state index is 0.212.